The zero-order chi connectivity index (χ0) is 19.5. The van der Waals surface area contributed by atoms with Crippen molar-refractivity contribution in [2.45, 2.75) is 65.4 Å². The van der Waals surface area contributed by atoms with Crippen LogP contribution in [0.2, 0.25) is 0 Å². The van der Waals surface area contributed by atoms with Gasteiger partial charge in [-0.3, -0.25) is 4.99 Å². The summed E-state index contributed by atoms with van der Waals surface area (Å²) in [6, 6.07) is 0. The predicted molar refractivity (Wildman–Crippen MR) is 121 cm³/mol. The maximum atomic E-state index is 11.6. The molecule has 0 heterocycles. The number of halogens is 1. The first-order valence-electron chi connectivity index (χ1n) is 9.78. The quantitative estimate of drug-likeness (QED) is 0.186. The highest BCUT2D eigenvalue weighted by atomic mass is 127. The minimum Gasteiger partial charge on any atom is -0.444 e. The van der Waals surface area contributed by atoms with Gasteiger partial charge in [-0.1, -0.05) is 6.42 Å². The van der Waals surface area contributed by atoms with Crippen molar-refractivity contribution in [3.05, 3.63) is 0 Å². The average Bonchev–Trinajstić information content (AvgIpc) is 2.51. The molecular weight excluding hydrogens is 459 g/mol. The molecule has 1 fully saturated rings. The monoisotopic (exact) mass is 498 g/mol. The van der Waals surface area contributed by atoms with Crippen LogP contribution >= 0.6 is 24.0 Å². The van der Waals surface area contributed by atoms with Crippen molar-refractivity contribution in [2.24, 2.45) is 10.4 Å². The minimum absolute atomic E-state index is 0. The fraction of sp³-hybridized carbons (Fsp3) is 0.895. The van der Waals surface area contributed by atoms with Crippen molar-refractivity contribution in [1.29, 1.82) is 0 Å². The van der Waals surface area contributed by atoms with Crippen LogP contribution in [0.5, 0.6) is 0 Å². The lowest BCUT2D eigenvalue weighted by molar-refractivity contribution is 0.0527. The molecule has 0 aromatic carbocycles. The second kappa shape index (κ2) is 13.4. The fourth-order valence-corrected chi connectivity index (χ4v) is 2.87. The highest BCUT2D eigenvalue weighted by Crippen LogP contribution is 2.44. The Hall–Kier alpha value is -0.770. The summed E-state index contributed by atoms with van der Waals surface area (Å²) < 4.78 is 10.5. The number of carbonyl (C=O) groups is 1. The standard InChI is InChI=1S/C19H38N4O3.HI/c1-6-20-16(23-15-19(9-7-10-19)11-14-25-5)21-12-8-13-22-17(24)26-18(2,3)4;/h6-15H2,1-5H3,(H,22,24)(H2,20,21,23);1H. The molecule has 0 spiro atoms. The molecule has 8 heteroatoms. The Morgan fingerprint density at radius 3 is 2.33 bits per heavy atom. The maximum absolute atomic E-state index is 11.6. The summed E-state index contributed by atoms with van der Waals surface area (Å²) in [5, 5.41) is 9.39. The van der Waals surface area contributed by atoms with E-state index in [0.29, 0.717) is 12.0 Å². The van der Waals surface area contributed by atoms with E-state index in [1.807, 2.05) is 20.8 Å². The lowest BCUT2D eigenvalue weighted by Crippen LogP contribution is -2.41. The minimum atomic E-state index is -0.465. The lowest BCUT2D eigenvalue weighted by Gasteiger charge is -2.40. The number of aliphatic imine (C=N–C) groups is 1. The number of guanidine groups is 1. The highest BCUT2D eigenvalue weighted by Gasteiger charge is 2.36. The number of amides is 1. The molecule has 0 aromatic heterocycles. The van der Waals surface area contributed by atoms with E-state index < -0.39 is 5.60 Å². The van der Waals surface area contributed by atoms with Crippen molar-refractivity contribution in [3.63, 3.8) is 0 Å². The molecule has 7 nitrogen and oxygen atoms in total. The molecule has 0 saturated heterocycles. The number of hydrogen-bond donors (Lipinski definition) is 3. The van der Waals surface area contributed by atoms with Crippen LogP contribution in [0.25, 0.3) is 0 Å². The van der Waals surface area contributed by atoms with E-state index in [-0.39, 0.29) is 30.1 Å². The van der Waals surface area contributed by atoms with Crippen LogP contribution in [0.4, 0.5) is 4.79 Å². The lowest BCUT2D eigenvalue weighted by atomic mass is 9.67. The maximum Gasteiger partial charge on any atom is 0.407 e. The van der Waals surface area contributed by atoms with Gasteiger partial charge in [0.1, 0.15) is 5.60 Å². The Morgan fingerprint density at radius 1 is 1.15 bits per heavy atom. The van der Waals surface area contributed by atoms with Crippen LogP contribution in [0, 0.1) is 5.41 Å². The van der Waals surface area contributed by atoms with Crippen molar-refractivity contribution in [3.8, 4) is 0 Å². The van der Waals surface area contributed by atoms with Crippen LogP contribution < -0.4 is 16.0 Å². The highest BCUT2D eigenvalue weighted by molar-refractivity contribution is 14.0. The third kappa shape index (κ3) is 11.6. The Bertz CT molecular complexity index is 449. The first kappa shape index (κ1) is 26.2. The summed E-state index contributed by atoms with van der Waals surface area (Å²) in [4.78, 5) is 16.4. The van der Waals surface area contributed by atoms with Crippen LogP contribution in [0.3, 0.4) is 0 Å². The zero-order valence-corrected chi connectivity index (χ0v) is 20.0. The molecule has 1 aliphatic rings. The van der Waals surface area contributed by atoms with E-state index in [2.05, 4.69) is 22.9 Å². The molecule has 0 atom stereocenters. The summed E-state index contributed by atoms with van der Waals surface area (Å²) >= 11 is 0. The van der Waals surface area contributed by atoms with Crippen molar-refractivity contribution in [1.82, 2.24) is 16.0 Å². The van der Waals surface area contributed by atoms with E-state index in [1.165, 1.54) is 19.3 Å². The Morgan fingerprint density at radius 2 is 1.81 bits per heavy atom. The molecular formula is C19H39IN4O3. The summed E-state index contributed by atoms with van der Waals surface area (Å²) in [6.45, 7) is 11.4. The van der Waals surface area contributed by atoms with Gasteiger partial charge >= 0.3 is 6.09 Å². The van der Waals surface area contributed by atoms with Crippen molar-refractivity contribution >= 4 is 36.0 Å². The van der Waals surface area contributed by atoms with Crippen molar-refractivity contribution in [2.75, 3.05) is 39.9 Å². The predicted octanol–water partition coefficient (Wildman–Crippen LogP) is 3.28. The number of nitrogens with zero attached hydrogens (tertiary/aromatic N) is 1. The van der Waals surface area contributed by atoms with Gasteiger partial charge in [-0.15, -0.1) is 24.0 Å². The molecule has 1 rings (SSSR count). The molecule has 27 heavy (non-hydrogen) atoms. The number of hydrogen-bond acceptors (Lipinski definition) is 4. The third-order valence-electron chi connectivity index (χ3n) is 4.48. The number of methoxy groups -OCH3 is 1. The Kier molecular flexibility index (Phi) is 13.0. The first-order valence-corrected chi connectivity index (χ1v) is 9.78. The molecule has 0 aromatic rings. The summed E-state index contributed by atoms with van der Waals surface area (Å²) in [5.41, 5.74) is -0.149. The molecule has 0 radical (unpaired) electrons. The molecule has 0 bridgehead atoms. The molecule has 1 amide bonds. The van der Waals surface area contributed by atoms with E-state index in [9.17, 15) is 4.79 Å². The number of alkyl carbamates (subject to hydrolysis) is 1. The molecule has 160 valence electrons. The van der Waals surface area contributed by atoms with Gasteiger partial charge in [0.25, 0.3) is 0 Å². The van der Waals surface area contributed by atoms with E-state index in [4.69, 9.17) is 14.5 Å². The molecule has 0 unspecified atom stereocenters. The smallest absolute Gasteiger partial charge is 0.407 e. The Labute approximate surface area is 181 Å². The van der Waals surface area contributed by atoms with Crippen LogP contribution in [-0.4, -0.2) is 57.5 Å². The molecule has 0 aliphatic heterocycles. The second-order valence-corrected chi connectivity index (χ2v) is 8.00. The van der Waals surface area contributed by atoms with Gasteiger partial charge in [0.2, 0.25) is 0 Å². The fourth-order valence-electron chi connectivity index (χ4n) is 2.87. The molecule has 1 saturated carbocycles. The van der Waals surface area contributed by atoms with Gasteiger partial charge in [-0.25, -0.2) is 4.79 Å². The Balaban J connectivity index is 0.00000676. The van der Waals surface area contributed by atoms with E-state index in [1.54, 1.807) is 7.11 Å². The molecule has 1 aliphatic carbocycles. The van der Waals surface area contributed by atoms with E-state index >= 15 is 0 Å². The number of ether oxygens (including phenoxy) is 2. The number of rotatable bonds is 10. The normalized spacial score (nSPS) is 16.0. The van der Waals surface area contributed by atoms with Gasteiger partial charge in [0, 0.05) is 39.9 Å². The van der Waals surface area contributed by atoms with Gasteiger partial charge in [-0.2, -0.15) is 0 Å². The average molecular weight is 498 g/mol. The number of nitrogens with one attached hydrogen (secondary N) is 3. The topological polar surface area (TPSA) is 84.0 Å². The van der Waals surface area contributed by atoms with E-state index in [0.717, 1.165) is 45.0 Å². The summed E-state index contributed by atoms with van der Waals surface area (Å²) in [7, 11) is 1.76. The number of carbonyl (C=O) groups excluding carboxylic acids is 1. The summed E-state index contributed by atoms with van der Waals surface area (Å²) in [5.74, 6) is 0.841. The second-order valence-electron chi connectivity index (χ2n) is 8.00. The molecule has 3 N–H and O–H groups in total. The van der Waals surface area contributed by atoms with Crippen LogP contribution in [0.15, 0.2) is 4.99 Å². The first-order chi connectivity index (χ1) is 12.3. The van der Waals surface area contributed by atoms with Crippen molar-refractivity contribution < 1.29 is 14.3 Å². The van der Waals surface area contributed by atoms with Gasteiger partial charge in [-0.05, 0) is 58.8 Å². The van der Waals surface area contributed by atoms with Gasteiger partial charge in [0.05, 0.1) is 0 Å². The largest absolute Gasteiger partial charge is 0.444 e. The summed E-state index contributed by atoms with van der Waals surface area (Å²) in [6.07, 6.45) is 5.27. The van der Waals surface area contributed by atoms with Gasteiger partial charge < -0.3 is 25.4 Å². The van der Waals surface area contributed by atoms with Crippen LogP contribution in [-0.2, 0) is 9.47 Å². The SMILES string of the molecule is CCNC(=NCC1(CCOC)CCC1)NCCCNC(=O)OC(C)(C)C.I. The van der Waals surface area contributed by atoms with Crippen LogP contribution in [0.1, 0.15) is 59.8 Å². The zero-order valence-electron chi connectivity index (χ0n) is 17.7. The van der Waals surface area contributed by atoms with Gasteiger partial charge in [0.15, 0.2) is 5.96 Å². The third-order valence-corrected chi connectivity index (χ3v) is 4.48.